The molecule has 0 N–H and O–H groups in total. The van der Waals surface area contributed by atoms with Crippen LogP contribution < -0.4 is 4.74 Å². The molecule has 0 radical (unpaired) electrons. The van der Waals surface area contributed by atoms with E-state index in [1.54, 1.807) is 0 Å². The number of rotatable bonds is 3. The van der Waals surface area contributed by atoms with E-state index in [-0.39, 0.29) is 16.7 Å². The zero-order valence-electron chi connectivity index (χ0n) is 11.1. The van der Waals surface area contributed by atoms with Crippen LogP contribution in [0.3, 0.4) is 0 Å². The fraction of sp³-hybridized carbons (Fsp3) is 0.0625. The molecule has 0 spiro atoms. The van der Waals surface area contributed by atoms with E-state index in [4.69, 9.17) is 0 Å². The third-order valence-corrected chi connectivity index (χ3v) is 2.73. The Morgan fingerprint density at radius 2 is 1.81 bits per heavy atom. The van der Waals surface area contributed by atoms with Crippen molar-refractivity contribution in [3.8, 4) is 16.9 Å². The molecule has 0 aliphatic heterocycles. The van der Waals surface area contributed by atoms with Crippen molar-refractivity contribution in [2.24, 2.45) is 0 Å². The van der Waals surface area contributed by atoms with Crippen LogP contribution >= 0.6 is 0 Å². The van der Waals surface area contributed by atoms with E-state index in [1.165, 1.54) is 31.2 Å². The highest BCUT2D eigenvalue weighted by molar-refractivity contribution is 5.88. The van der Waals surface area contributed by atoms with Crippen LogP contribution in [0.15, 0.2) is 48.6 Å². The van der Waals surface area contributed by atoms with Crippen LogP contribution in [-0.4, -0.2) is 5.97 Å². The molecule has 0 unspecified atom stereocenters. The van der Waals surface area contributed by atoms with E-state index in [2.05, 4.69) is 11.3 Å². The number of hydrogen-bond acceptors (Lipinski definition) is 2. The monoisotopic (exact) mass is 292 g/mol. The van der Waals surface area contributed by atoms with Crippen LogP contribution in [0, 0.1) is 17.5 Å². The van der Waals surface area contributed by atoms with Gasteiger partial charge in [-0.05, 0) is 36.8 Å². The Morgan fingerprint density at radius 3 is 2.43 bits per heavy atom. The van der Waals surface area contributed by atoms with Crippen molar-refractivity contribution in [3.63, 3.8) is 0 Å². The summed E-state index contributed by atoms with van der Waals surface area (Å²) in [5, 5.41) is 0. The third-order valence-electron chi connectivity index (χ3n) is 2.73. The summed E-state index contributed by atoms with van der Waals surface area (Å²) in [6.45, 7) is 4.73. The fourth-order valence-corrected chi connectivity index (χ4v) is 1.68. The summed E-state index contributed by atoms with van der Waals surface area (Å²) < 4.78 is 45.7. The van der Waals surface area contributed by atoms with E-state index < -0.39 is 29.2 Å². The van der Waals surface area contributed by atoms with Crippen LogP contribution in [-0.2, 0) is 4.79 Å². The molecule has 0 saturated carbocycles. The van der Waals surface area contributed by atoms with Gasteiger partial charge in [0, 0.05) is 11.1 Å². The first-order valence-corrected chi connectivity index (χ1v) is 6.01. The molecule has 0 amide bonds. The minimum Gasteiger partial charge on any atom is -0.420 e. The lowest BCUT2D eigenvalue weighted by Crippen LogP contribution is -2.10. The van der Waals surface area contributed by atoms with Crippen LogP contribution in [0.25, 0.3) is 11.1 Å². The van der Waals surface area contributed by atoms with Gasteiger partial charge in [0.25, 0.3) is 0 Å². The maximum absolute atomic E-state index is 14.0. The Balaban J connectivity index is 2.42. The first-order valence-electron chi connectivity index (χ1n) is 6.01. The van der Waals surface area contributed by atoms with Crippen molar-refractivity contribution < 1.29 is 22.7 Å². The van der Waals surface area contributed by atoms with Gasteiger partial charge in [0.05, 0.1) is 0 Å². The number of esters is 1. The number of halogens is 3. The molecule has 0 heterocycles. The summed E-state index contributed by atoms with van der Waals surface area (Å²) in [5.74, 6) is -4.49. The lowest BCUT2D eigenvalue weighted by molar-refractivity contribution is -0.130. The molecule has 0 aliphatic carbocycles. The lowest BCUT2D eigenvalue weighted by Gasteiger charge is -2.09. The molecule has 2 nitrogen and oxygen atoms in total. The number of ether oxygens (including phenoxy) is 1. The van der Waals surface area contributed by atoms with Crippen LogP contribution in [0.4, 0.5) is 13.2 Å². The first kappa shape index (κ1) is 14.8. The van der Waals surface area contributed by atoms with Crippen molar-refractivity contribution in [1.82, 2.24) is 0 Å². The topological polar surface area (TPSA) is 26.3 Å². The minimum absolute atomic E-state index is 0.0593. The van der Waals surface area contributed by atoms with Gasteiger partial charge in [-0.15, -0.1) is 0 Å². The second-order valence-corrected chi connectivity index (χ2v) is 4.42. The fourth-order valence-electron chi connectivity index (χ4n) is 1.68. The average molecular weight is 292 g/mol. The highest BCUT2D eigenvalue weighted by Gasteiger charge is 2.18. The average Bonchev–Trinajstić information content (AvgIpc) is 2.44. The summed E-state index contributed by atoms with van der Waals surface area (Å²) >= 11 is 0. The van der Waals surface area contributed by atoms with Crippen LogP contribution in [0.2, 0.25) is 0 Å². The van der Waals surface area contributed by atoms with Gasteiger partial charge in [0.15, 0.2) is 11.6 Å². The number of carbonyl (C=O) groups excluding carboxylic acids is 1. The quantitative estimate of drug-likeness (QED) is 0.480. The summed E-state index contributed by atoms with van der Waals surface area (Å²) in [4.78, 5) is 11.3. The van der Waals surface area contributed by atoms with Gasteiger partial charge in [-0.1, -0.05) is 18.7 Å². The Labute approximate surface area is 119 Å². The maximum Gasteiger partial charge on any atom is 0.338 e. The smallest absolute Gasteiger partial charge is 0.338 e. The van der Waals surface area contributed by atoms with Gasteiger partial charge in [-0.25, -0.2) is 13.6 Å². The zero-order chi connectivity index (χ0) is 15.6. The summed E-state index contributed by atoms with van der Waals surface area (Å²) in [7, 11) is 0. The molecule has 2 aromatic carbocycles. The summed E-state index contributed by atoms with van der Waals surface area (Å²) in [6.07, 6.45) is 0. The Bertz CT molecular complexity index is 723. The third kappa shape index (κ3) is 3.13. The molecular weight excluding hydrogens is 281 g/mol. The molecule has 0 bridgehead atoms. The van der Waals surface area contributed by atoms with Gasteiger partial charge < -0.3 is 4.74 Å². The predicted octanol–water partition coefficient (Wildman–Crippen LogP) is 4.25. The van der Waals surface area contributed by atoms with Crippen molar-refractivity contribution in [2.45, 2.75) is 6.92 Å². The Kier molecular flexibility index (Phi) is 4.12. The highest BCUT2D eigenvalue weighted by Crippen LogP contribution is 2.30. The van der Waals surface area contributed by atoms with Crippen molar-refractivity contribution >= 4 is 5.97 Å². The molecule has 5 heteroatoms. The molecule has 21 heavy (non-hydrogen) atoms. The van der Waals surface area contributed by atoms with Crippen LogP contribution in [0.1, 0.15) is 6.92 Å². The van der Waals surface area contributed by atoms with E-state index in [0.29, 0.717) is 0 Å². The van der Waals surface area contributed by atoms with E-state index in [0.717, 1.165) is 12.1 Å². The van der Waals surface area contributed by atoms with Crippen LogP contribution in [0.5, 0.6) is 5.75 Å². The van der Waals surface area contributed by atoms with Gasteiger partial charge >= 0.3 is 5.97 Å². The van der Waals surface area contributed by atoms with Crippen molar-refractivity contribution in [1.29, 1.82) is 0 Å². The Hall–Kier alpha value is -2.56. The minimum atomic E-state index is -1.31. The maximum atomic E-state index is 14.0. The molecular formula is C16H11F3O2. The van der Waals surface area contributed by atoms with Crippen molar-refractivity contribution in [2.75, 3.05) is 0 Å². The van der Waals surface area contributed by atoms with E-state index in [9.17, 15) is 18.0 Å². The molecule has 0 saturated heterocycles. The second-order valence-electron chi connectivity index (χ2n) is 4.42. The lowest BCUT2D eigenvalue weighted by atomic mass is 10.0. The molecule has 2 aromatic rings. The number of carbonyl (C=O) groups is 1. The van der Waals surface area contributed by atoms with Gasteiger partial charge in [-0.2, -0.15) is 4.39 Å². The summed E-state index contributed by atoms with van der Waals surface area (Å²) in [6, 6.07) is 7.43. The SMILES string of the molecule is C=C(C)C(=O)Oc1ccc(-c2cccc(F)c2)c(F)c1F. The van der Waals surface area contributed by atoms with Gasteiger partial charge in [0.1, 0.15) is 5.82 Å². The standard InChI is InChI=1S/C16H11F3O2/c1-9(2)16(20)21-13-7-6-12(14(18)15(13)19)10-4-3-5-11(17)8-10/h3-8H,1H2,2H3. The van der Waals surface area contributed by atoms with E-state index in [1.807, 2.05) is 0 Å². The van der Waals surface area contributed by atoms with E-state index >= 15 is 0 Å². The number of hydrogen-bond donors (Lipinski definition) is 0. The molecule has 2 rings (SSSR count). The largest absolute Gasteiger partial charge is 0.420 e. The zero-order valence-corrected chi connectivity index (χ0v) is 11.1. The van der Waals surface area contributed by atoms with Gasteiger partial charge in [0.2, 0.25) is 5.82 Å². The predicted molar refractivity (Wildman–Crippen MR) is 72.2 cm³/mol. The molecule has 108 valence electrons. The highest BCUT2D eigenvalue weighted by atomic mass is 19.2. The second kappa shape index (κ2) is 5.83. The Morgan fingerprint density at radius 1 is 1.10 bits per heavy atom. The normalized spacial score (nSPS) is 10.3. The molecule has 0 atom stereocenters. The first-order chi connectivity index (χ1) is 9.90. The molecule has 0 aromatic heterocycles. The summed E-state index contributed by atoms with van der Waals surface area (Å²) in [5.41, 5.74) is 0.121. The molecule has 0 aliphatic rings. The van der Waals surface area contributed by atoms with Crippen molar-refractivity contribution in [3.05, 3.63) is 66.0 Å². The van der Waals surface area contributed by atoms with Gasteiger partial charge in [-0.3, -0.25) is 0 Å². The molecule has 0 fully saturated rings. The number of benzene rings is 2.